The van der Waals surface area contributed by atoms with Crippen LogP contribution in [0.2, 0.25) is 0 Å². The molecule has 0 fully saturated rings. The average molecular weight is 219 g/mol. The first-order chi connectivity index (χ1) is 7.74. The second-order valence-corrected chi connectivity index (χ2v) is 3.02. The van der Waals surface area contributed by atoms with Crippen molar-refractivity contribution < 1.29 is 14.6 Å². The Balaban J connectivity index is 2.76. The molecule has 3 N–H and O–H groups in total. The number of benzene rings is 1. The third-order valence-corrected chi connectivity index (χ3v) is 1.73. The first-order valence-corrected chi connectivity index (χ1v) is 4.86. The van der Waals surface area contributed by atoms with E-state index in [4.69, 9.17) is 15.6 Å². The van der Waals surface area contributed by atoms with Gasteiger partial charge >= 0.3 is 5.97 Å². The highest BCUT2D eigenvalue weighted by atomic mass is 16.5. The Labute approximate surface area is 94.0 Å². The fraction of sp³-hybridized carbons (Fsp3) is 0.250. The topological polar surface area (TPSA) is 72.5 Å². The number of nitrogens with two attached hydrogens (primary N) is 1. The van der Waals surface area contributed by atoms with Gasteiger partial charge in [0, 0.05) is 13.0 Å². The zero-order valence-corrected chi connectivity index (χ0v) is 8.77. The van der Waals surface area contributed by atoms with E-state index in [1.807, 2.05) is 6.07 Å². The molecule has 0 aliphatic heterocycles. The Morgan fingerprint density at radius 1 is 1.44 bits per heavy atom. The summed E-state index contributed by atoms with van der Waals surface area (Å²) in [5.41, 5.74) is 6.00. The van der Waals surface area contributed by atoms with Crippen LogP contribution < -0.4 is 10.5 Å². The molecule has 0 atom stereocenters. The predicted molar refractivity (Wildman–Crippen MR) is 60.1 cm³/mol. The van der Waals surface area contributed by atoms with Gasteiger partial charge in [-0.3, -0.25) is 0 Å². The van der Waals surface area contributed by atoms with Crippen LogP contribution in [0.5, 0.6) is 5.75 Å². The maximum atomic E-state index is 10.4. The summed E-state index contributed by atoms with van der Waals surface area (Å²) in [4.78, 5) is 10.4. The molecule has 0 amide bonds. The van der Waals surface area contributed by atoms with Gasteiger partial charge in [-0.15, -0.1) is 0 Å². The minimum absolute atomic E-state index is 0.365. The van der Waals surface area contributed by atoms with Crippen molar-refractivity contribution in [2.75, 3.05) is 13.2 Å². The quantitative estimate of drug-likeness (QED) is 0.736. The van der Waals surface area contributed by atoms with Gasteiger partial charge in [0.05, 0.1) is 5.56 Å². The molecule has 4 heteroatoms. The predicted octanol–water partition coefficient (Wildman–Crippen LogP) is 0.850. The van der Waals surface area contributed by atoms with Crippen LogP contribution in [0, 0.1) is 11.8 Å². The Kier molecular flexibility index (Phi) is 4.90. The molecule has 1 rings (SSSR count). The van der Waals surface area contributed by atoms with Crippen LogP contribution >= 0.6 is 0 Å². The largest absolute Gasteiger partial charge is 0.481 e. The van der Waals surface area contributed by atoms with Gasteiger partial charge in [0.25, 0.3) is 0 Å². The number of carboxylic acids is 1. The van der Waals surface area contributed by atoms with Gasteiger partial charge in [-0.1, -0.05) is 24.0 Å². The molecule has 0 saturated heterocycles. The summed E-state index contributed by atoms with van der Waals surface area (Å²) in [6.07, 6.45) is 0.604. The molecule has 4 nitrogen and oxygen atoms in total. The standard InChI is InChI=1S/C12H13NO3/c13-8-4-3-6-10-5-1-2-7-11(10)16-9-12(14)15/h1-2,5,7H,4,8-9,13H2,(H,14,15). The van der Waals surface area contributed by atoms with Crippen molar-refractivity contribution in [1.29, 1.82) is 0 Å². The third kappa shape index (κ3) is 4.03. The number of hydrogen-bond donors (Lipinski definition) is 2. The van der Waals surface area contributed by atoms with Crippen molar-refractivity contribution in [2.45, 2.75) is 6.42 Å². The van der Waals surface area contributed by atoms with Gasteiger partial charge in [0.15, 0.2) is 6.61 Å². The molecule has 0 spiro atoms. The second-order valence-electron chi connectivity index (χ2n) is 3.02. The molecular formula is C12H13NO3. The molecule has 0 saturated carbocycles. The SMILES string of the molecule is NCCC#Cc1ccccc1OCC(=O)O. The summed E-state index contributed by atoms with van der Waals surface area (Å²) in [6.45, 7) is 0.140. The molecule has 0 radical (unpaired) electrons. The van der Waals surface area contributed by atoms with Crippen LogP contribution in [0.3, 0.4) is 0 Å². The van der Waals surface area contributed by atoms with Crippen LogP contribution in [0.25, 0.3) is 0 Å². The molecule has 1 aromatic carbocycles. The van der Waals surface area contributed by atoms with Crippen molar-refractivity contribution in [3.8, 4) is 17.6 Å². The van der Waals surface area contributed by atoms with Gasteiger partial charge in [-0.05, 0) is 12.1 Å². The molecule has 16 heavy (non-hydrogen) atoms. The zero-order valence-electron chi connectivity index (χ0n) is 8.77. The van der Waals surface area contributed by atoms with E-state index in [0.29, 0.717) is 24.3 Å². The van der Waals surface area contributed by atoms with E-state index < -0.39 is 5.97 Å². The van der Waals surface area contributed by atoms with Crippen LogP contribution in [0.4, 0.5) is 0 Å². The van der Waals surface area contributed by atoms with E-state index in [1.165, 1.54) is 0 Å². The van der Waals surface area contributed by atoms with Crippen LogP contribution in [0.1, 0.15) is 12.0 Å². The summed E-state index contributed by atoms with van der Waals surface area (Å²) in [5, 5.41) is 8.50. The Bertz CT molecular complexity index is 418. The van der Waals surface area contributed by atoms with Crippen LogP contribution in [0.15, 0.2) is 24.3 Å². The highest BCUT2D eigenvalue weighted by Gasteiger charge is 2.02. The minimum Gasteiger partial charge on any atom is -0.481 e. The summed E-state index contributed by atoms with van der Waals surface area (Å²) < 4.78 is 5.10. The lowest BCUT2D eigenvalue weighted by atomic mass is 10.2. The van der Waals surface area contributed by atoms with Crippen LogP contribution in [-0.4, -0.2) is 24.2 Å². The first kappa shape index (κ1) is 12.1. The van der Waals surface area contributed by atoms with Gasteiger partial charge in [-0.2, -0.15) is 0 Å². The molecule has 0 unspecified atom stereocenters. The van der Waals surface area contributed by atoms with E-state index in [0.717, 1.165) is 0 Å². The number of rotatable bonds is 4. The van der Waals surface area contributed by atoms with Crippen molar-refractivity contribution in [3.63, 3.8) is 0 Å². The van der Waals surface area contributed by atoms with E-state index in [9.17, 15) is 4.79 Å². The van der Waals surface area contributed by atoms with Crippen molar-refractivity contribution >= 4 is 5.97 Å². The highest BCUT2D eigenvalue weighted by molar-refractivity contribution is 5.68. The van der Waals surface area contributed by atoms with Gasteiger partial charge in [-0.25, -0.2) is 4.79 Å². The molecule has 0 aliphatic rings. The van der Waals surface area contributed by atoms with E-state index >= 15 is 0 Å². The molecule has 84 valence electrons. The second kappa shape index (κ2) is 6.49. The van der Waals surface area contributed by atoms with E-state index in [2.05, 4.69) is 11.8 Å². The Morgan fingerprint density at radius 2 is 2.19 bits per heavy atom. The lowest BCUT2D eigenvalue weighted by molar-refractivity contribution is -0.139. The van der Waals surface area contributed by atoms with Gasteiger partial charge in [0.1, 0.15) is 5.75 Å². The molecule has 0 heterocycles. The maximum absolute atomic E-state index is 10.4. The molecule has 0 aromatic heterocycles. The Morgan fingerprint density at radius 3 is 2.88 bits per heavy atom. The summed E-state index contributed by atoms with van der Waals surface area (Å²) in [7, 11) is 0. The number of carboxylic acid groups (broad SMARTS) is 1. The number of ether oxygens (including phenoxy) is 1. The van der Waals surface area contributed by atoms with Crippen molar-refractivity contribution in [2.24, 2.45) is 5.73 Å². The van der Waals surface area contributed by atoms with E-state index in [1.54, 1.807) is 18.2 Å². The minimum atomic E-state index is -1.01. The summed E-state index contributed by atoms with van der Waals surface area (Å²) >= 11 is 0. The summed E-state index contributed by atoms with van der Waals surface area (Å²) in [5.74, 6) is 5.24. The number of carbonyl (C=O) groups is 1. The molecule has 0 bridgehead atoms. The molecular weight excluding hydrogens is 206 g/mol. The molecule has 1 aromatic rings. The van der Waals surface area contributed by atoms with Crippen molar-refractivity contribution in [3.05, 3.63) is 29.8 Å². The number of hydrogen-bond acceptors (Lipinski definition) is 3. The number of aliphatic carboxylic acids is 1. The summed E-state index contributed by atoms with van der Waals surface area (Å²) in [6, 6.07) is 7.06. The normalized spacial score (nSPS) is 9.06. The smallest absolute Gasteiger partial charge is 0.341 e. The fourth-order valence-electron chi connectivity index (χ4n) is 1.07. The molecule has 0 aliphatic carbocycles. The monoisotopic (exact) mass is 219 g/mol. The zero-order chi connectivity index (χ0) is 11.8. The van der Waals surface area contributed by atoms with Crippen LogP contribution in [-0.2, 0) is 4.79 Å². The first-order valence-electron chi connectivity index (χ1n) is 4.86. The van der Waals surface area contributed by atoms with Gasteiger partial charge in [0.2, 0.25) is 0 Å². The maximum Gasteiger partial charge on any atom is 0.341 e. The lowest BCUT2D eigenvalue weighted by Crippen LogP contribution is -2.10. The lowest BCUT2D eigenvalue weighted by Gasteiger charge is -2.04. The fourth-order valence-corrected chi connectivity index (χ4v) is 1.07. The number of para-hydroxylation sites is 1. The third-order valence-electron chi connectivity index (χ3n) is 1.73. The average Bonchev–Trinajstić information content (AvgIpc) is 2.28. The van der Waals surface area contributed by atoms with Gasteiger partial charge < -0.3 is 15.6 Å². The van der Waals surface area contributed by atoms with E-state index in [-0.39, 0.29) is 6.61 Å². The van der Waals surface area contributed by atoms with Crippen molar-refractivity contribution in [1.82, 2.24) is 0 Å². The Hall–Kier alpha value is -1.99. The highest BCUT2D eigenvalue weighted by Crippen LogP contribution is 2.16.